The molecular weight excluding hydrogens is 398 g/mol. The number of hydrogen-bond acceptors (Lipinski definition) is 5. The molecule has 2 N–H and O–H groups in total. The number of hydrogen-bond donors (Lipinski definition) is 2. The minimum absolute atomic E-state index is 0.145. The number of aromatic amines is 1. The van der Waals surface area contributed by atoms with Crippen LogP contribution < -0.4 is 15.6 Å². The van der Waals surface area contributed by atoms with Gasteiger partial charge in [-0.1, -0.05) is 67.6 Å². The van der Waals surface area contributed by atoms with Crippen LogP contribution in [0.25, 0.3) is 0 Å². The van der Waals surface area contributed by atoms with E-state index in [1.165, 1.54) is 17.8 Å². The van der Waals surface area contributed by atoms with E-state index in [0.717, 1.165) is 35.4 Å². The number of nitrogens with zero attached hydrogens (tertiary/aromatic N) is 1. The zero-order chi connectivity index (χ0) is 21.3. The molecule has 0 saturated heterocycles. The number of benzene rings is 2. The van der Waals surface area contributed by atoms with Crippen LogP contribution in [-0.2, 0) is 11.2 Å². The van der Waals surface area contributed by atoms with Gasteiger partial charge in [0.2, 0.25) is 5.91 Å². The number of amides is 1. The van der Waals surface area contributed by atoms with Gasteiger partial charge in [-0.25, -0.2) is 4.98 Å². The third-order valence-corrected chi connectivity index (χ3v) is 5.38. The van der Waals surface area contributed by atoms with Gasteiger partial charge >= 0.3 is 0 Å². The van der Waals surface area contributed by atoms with E-state index in [1.54, 1.807) is 7.11 Å². The van der Waals surface area contributed by atoms with Crippen LogP contribution in [0.5, 0.6) is 5.75 Å². The monoisotopic (exact) mass is 423 g/mol. The van der Waals surface area contributed by atoms with Crippen molar-refractivity contribution in [1.29, 1.82) is 0 Å². The normalized spacial score (nSPS) is 11.7. The first kappa shape index (κ1) is 21.6. The molecule has 156 valence electrons. The quantitative estimate of drug-likeness (QED) is 0.405. The Bertz CT molecular complexity index is 1020. The molecule has 1 heterocycles. The van der Waals surface area contributed by atoms with Gasteiger partial charge in [-0.2, -0.15) is 0 Å². The molecule has 1 atom stereocenters. The van der Waals surface area contributed by atoms with Crippen molar-refractivity contribution in [3.63, 3.8) is 0 Å². The standard InChI is InChI=1S/C23H25N3O3S/c1-3-7-18-14-20(27)26-23(24-18)30-15-21(28)25-22(16-8-5-4-6-9-16)17-10-12-19(29-2)13-11-17/h4-6,8-14,22H,3,7,15H2,1-2H3,(H,25,28)(H,24,26,27)/t22-/m0/s1. The summed E-state index contributed by atoms with van der Waals surface area (Å²) in [5.41, 5.74) is 2.48. The number of aromatic nitrogens is 2. The minimum atomic E-state index is -0.288. The molecule has 2 aromatic carbocycles. The van der Waals surface area contributed by atoms with E-state index in [9.17, 15) is 9.59 Å². The Morgan fingerprint density at radius 3 is 2.50 bits per heavy atom. The van der Waals surface area contributed by atoms with E-state index in [-0.39, 0.29) is 23.3 Å². The van der Waals surface area contributed by atoms with Gasteiger partial charge in [0, 0.05) is 11.8 Å². The minimum Gasteiger partial charge on any atom is -0.497 e. The summed E-state index contributed by atoms with van der Waals surface area (Å²) < 4.78 is 5.23. The van der Waals surface area contributed by atoms with Crippen LogP contribution >= 0.6 is 11.8 Å². The highest BCUT2D eigenvalue weighted by atomic mass is 32.2. The van der Waals surface area contributed by atoms with Crippen molar-refractivity contribution in [3.8, 4) is 5.75 Å². The Balaban J connectivity index is 1.73. The lowest BCUT2D eigenvalue weighted by atomic mass is 9.98. The SMILES string of the molecule is CCCc1cc(=O)[nH]c(SCC(=O)N[C@@H](c2ccccc2)c2ccc(OC)cc2)n1. The Kier molecular flexibility index (Phi) is 7.68. The predicted octanol–water partition coefficient (Wildman–Crippen LogP) is 3.73. The Morgan fingerprint density at radius 1 is 1.13 bits per heavy atom. The Labute approximate surface area is 180 Å². The average Bonchev–Trinajstić information content (AvgIpc) is 2.77. The van der Waals surface area contributed by atoms with Gasteiger partial charge in [-0.3, -0.25) is 9.59 Å². The fourth-order valence-electron chi connectivity index (χ4n) is 3.07. The molecule has 7 heteroatoms. The Hall–Kier alpha value is -3.06. The number of carbonyl (C=O) groups is 1. The van der Waals surface area contributed by atoms with Gasteiger partial charge in [-0.05, 0) is 29.7 Å². The summed E-state index contributed by atoms with van der Waals surface area (Å²) in [5.74, 6) is 0.764. The third-order valence-electron chi connectivity index (χ3n) is 4.51. The van der Waals surface area contributed by atoms with Crippen LogP contribution in [0.3, 0.4) is 0 Å². The summed E-state index contributed by atoms with van der Waals surface area (Å²) in [4.78, 5) is 31.6. The molecule has 0 fully saturated rings. The van der Waals surface area contributed by atoms with Gasteiger partial charge in [0.25, 0.3) is 5.56 Å². The summed E-state index contributed by atoms with van der Waals surface area (Å²) >= 11 is 1.22. The molecule has 0 aliphatic heterocycles. The van der Waals surface area contributed by atoms with E-state index in [0.29, 0.717) is 5.16 Å². The molecule has 3 aromatic rings. The van der Waals surface area contributed by atoms with Crippen LogP contribution in [0.1, 0.15) is 36.2 Å². The maximum Gasteiger partial charge on any atom is 0.251 e. The molecule has 3 rings (SSSR count). The van der Waals surface area contributed by atoms with Crippen molar-refractivity contribution >= 4 is 17.7 Å². The zero-order valence-corrected chi connectivity index (χ0v) is 17.9. The Morgan fingerprint density at radius 2 is 1.83 bits per heavy atom. The molecule has 1 amide bonds. The summed E-state index contributed by atoms with van der Waals surface area (Å²) in [6.45, 7) is 2.03. The number of rotatable bonds is 9. The molecule has 0 unspecified atom stereocenters. The first-order chi connectivity index (χ1) is 14.6. The van der Waals surface area contributed by atoms with Gasteiger partial charge in [0.05, 0.1) is 18.9 Å². The molecule has 0 aliphatic rings. The fourth-order valence-corrected chi connectivity index (χ4v) is 3.78. The van der Waals surface area contributed by atoms with Crippen molar-refractivity contribution in [2.45, 2.75) is 31.0 Å². The van der Waals surface area contributed by atoms with Crippen molar-refractivity contribution in [2.24, 2.45) is 0 Å². The number of thioether (sulfide) groups is 1. The second-order valence-corrected chi connectivity index (χ2v) is 7.73. The summed E-state index contributed by atoms with van der Waals surface area (Å²) in [6, 6.07) is 18.6. The maximum absolute atomic E-state index is 12.7. The van der Waals surface area contributed by atoms with Crippen LogP contribution in [0.4, 0.5) is 0 Å². The number of carbonyl (C=O) groups excluding carboxylic acids is 1. The molecule has 0 radical (unpaired) electrons. The lowest BCUT2D eigenvalue weighted by Gasteiger charge is -2.20. The van der Waals surface area contributed by atoms with Crippen molar-refractivity contribution in [1.82, 2.24) is 15.3 Å². The second-order valence-electron chi connectivity index (χ2n) is 6.76. The fraction of sp³-hybridized carbons (Fsp3) is 0.261. The highest BCUT2D eigenvalue weighted by Crippen LogP contribution is 2.24. The molecule has 1 aromatic heterocycles. The molecular formula is C23H25N3O3S. The number of methoxy groups -OCH3 is 1. The summed E-state index contributed by atoms with van der Waals surface area (Å²) in [7, 11) is 1.62. The van der Waals surface area contributed by atoms with Crippen LogP contribution in [-0.4, -0.2) is 28.7 Å². The van der Waals surface area contributed by atoms with E-state index in [4.69, 9.17) is 4.74 Å². The number of ether oxygens (including phenoxy) is 1. The van der Waals surface area contributed by atoms with Crippen molar-refractivity contribution in [3.05, 3.63) is 87.8 Å². The molecule has 0 bridgehead atoms. The zero-order valence-electron chi connectivity index (χ0n) is 17.1. The van der Waals surface area contributed by atoms with Gasteiger partial charge < -0.3 is 15.0 Å². The number of H-pyrrole nitrogens is 1. The molecule has 0 saturated carbocycles. The third kappa shape index (κ3) is 5.97. The summed E-state index contributed by atoms with van der Waals surface area (Å²) in [6.07, 6.45) is 1.64. The number of aryl methyl sites for hydroxylation is 1. The molecule has 0 aliphatic carbocycles. The predicted molar refractivity (Wildman–Crippen MR) is 119 cm³/mol. The lowest BCUT2D eigenvalue weighted by molar-refractivity contribution is -0.119. The smallest absolute Gasteiger partial charge is 0.251 e. The van der Waals surface area contributed by atoms with Gasteiger partial charge in [0.1, 0.15) is 5.75 Å². The van der Waals surface area contributed by atoms with Gasteiger partial charge in [-0.15, -0.1) is 0 Å². The highest BCUT2D eigenvalue weighted by Gasteiger charge is 2.17. The largest absolute Gasteiger partial charge is 0.497 e. The topological polar surface area (TPSA) is 84.1 Å². The van der Waals surface area contributed by atoms with E-state index >= 15 is 0 Å². The molecule has 6 nitrogen and oxygen atoms in total. The molecule has 0 spiro atoms. The van der Waals surface area contributed by atoms with E-state index in [1.807, 2.05) is 61.5 Å². The first-order valence-corrected chi connectivity index (χ1v) is 10.8. The van der Waals surface area contributed by atoms with Crippen LogP contribution in [0, 0.1) is 0 Å². The summed E-state index contributed by atoms with van der Waals surface area (Å²) in [5, 5.41) is 3.55. The van der Waals surface area contributed by atoms with Crippen molar-refractivity contribution < 1.29 is 9.53 Å². The maximum atomic E-state index is 12.7. The van der Waals surface area contributed by atoms with E-state index < -0.39 is 0 Å². The van der Waals surface area contributed by atoms with E-state index in [2.05, 4.69) is 15.3 Å². The first-order valence-electron chi connectivity index (χ1n) is 9.80. The lowest BCUT2D eigenvalue weighted by Crippen LogP contribution is -2.30. The van der Waals surface area contributed by atoms with Gasteiger partial charge in [0.15, 0.2) is 5.16 Å². The van der Waals surface area contributed by atoms with Crippen molar-refractivity contribution in [2.75, 3.05) is 12.9 Å². The molecule has 30 heavy (non-hydrogen) atoms. The second kappa shape index (κ2) is 10.6. The highest BCUT2D eigenvalue weighted by molar-refractivity contribution is 7.99. The number of nitrogens with one attached hydrogen (secondary N) is 2. The van der Waals surface area contributed by atoms with Crippen LogP contribution in [0.2, 0.25) is 0 Å². The average molecular weight is 424 g/mol. The van der Waals surface area contributed by atoms with Crippen LogP contribution in [0.15, 0.2) is 70.6 Å².